The standard InChI is InChI=1S/C15H23N3O2/c16-15(17-20)14-6-2-1-5-13(14)11-18-8-3-4-12(10-18)7-9-19/h1-2,5-6,12,19-20H,3-4,7-11H2,(H2,16,17). The average Bonchev–Trinajstić information content (AvgIpc) is 2.48. The summed E-state index contributed by atoms with van der Waals surface area (Å²) >= 11 is 0. The van der Waals surface area contributed by atoms with Crippen molar-refractivity contribution < 1.29 is 10.3 Å². The minimum absolute atomic E-state index is 0.157. The molecule has 1 aromatic rings. The van der Waals surface area contributed by atoms with Crippen LogP contribution in [0.1, 0.15) is 30.4 Å². The van der Waals surface area contributed by atoms with Gasteiger partial charge in [-0.1, -0.05) is 29.4 Å². The smallest absolute Gasteiger partial charge is 0.170 e. The second-order valence-electron chi connectivity index (χ2n) is 5.40. The molecule has 0 aliphatic carbocycles. The molecule has 1 heterocycles. The molecule has 5 nitrogen and oxygen atoms in total. The summed E-state index contributed by atoms with van der Waals surface area (Å²) in [5, 5.41) is 21.0. The zero-order valence-electron chi connectivity index (χ0n) is 11.7. The summed E-state index contributed by atoms with van der Waals surface area (Å²) < 4.78 is 0. The van der Waals surface area contributed by atoms with Crippen LogP contribution in [0.2, 0.25) is 0 Å². The molecule has 110 valence electrons. The number of benzene rings is 1. The lowest BCUT2D eigenvalue weighted by Gasteiger charge is -2.32. The monoisotopic (exact) mass is 277 g/mol. The zero-order chi connectivity index (χ0) is 14.4. The number of amidine groups is 1. The van der Waals surface area contributed by atoms with Gasteiger partial charge < -0.3 is 16.0 Å². The minimum atomic E-state index is 0.157. The summed E-state index contributed by atoms with van der Waals surface area (Å²) in [6, 6.07) is 7.75. The molecule has 1 atom stereocenters. The molecule has 1 aliphatic heterocycles. The Kier molecular flexibility index (Phi) is 5.38. The highest BCUT2D eigenvalue weighted by molar-refractivity contribution is 5.98. The number of oxime groups is 1. The van der Waals surface area contributed by atoms with E-state index in [-0.39, 0.29) is 12.4 Å². The van der Waals surface area contributed by atoms with Crippen LogP contribution in [0.15, 0.2) is 29.4 Å². The number of likely N-dealkylation sites (tertiary alicyclic amines) is 1. The molecule has 1 fully saturated rings. The minimum Gasteiger partial charge on any atom is -0.409 e. The van der Waals surface area contributed by atoms with Crippen LogP contribution in [0.4, 0.5) is 0 Å². The van der Waals surface area contributed by atoms with Crippen molar-refractivity contribution in [3.8, 4) is 0 Å². The number of piperidine rings is 1. The third-order valence-corrected chi connectivity index (χ3v) is 3.94. The van der Waals surface area contributed by atoms with Crippen LogP contribution in [0.3, 0.4) is 0 Å². The molecule has 1 saturated heterocycles. The van der Waals surface area contributed by atoms with E-state index in [4.69, 9.17) is 16.0 Å². The molecular formula is C15H23N3O2. The van der Waals surface area contributed by atoms with Gasteiger partial charge in [-0.25, -0.2) is 0 Å². The highest BCUT2D eigenvalue weighted by atomic mass is 16.4. The summed E-state index contributed by atoms with van der Waals surface area (Å²) in [5.41, 5.74) is 7.59. The molecule has 2 rings (SSSR count). The Bertz CT molecular complexity index is 460. The maximum absolute atomic E-state index is 9.06. The largest absolute Gasteiger partial charge is 0.409 e. The fourth-order valence-corrected chi connectivity index (χ4v) is 2.92. The molecule has 4 N–H and O–H groups in total. The molecule has 1 aromatic carbocycles. The van der Waals surface area contributed by atoms with E-state index in [9.17, 15) is 0 Å². The molecular weight excluding hydrogens is 254 g/mol. The summed E-state index contributed by atoms with van der Waals surface area (Å²) in [5.74, 6) is 0.731. The lowest BCUT2D eigenvalue weighted by molar-refractivity contribution is 0.142. The Morgan fingerprint density at radius 1 is 1.40 bits per heavy atom. The fourth-order valence-electron chi connectivity index (χ4n) is 2.92. The Hall–Kier alpha value is -1.59. The third-order valence-electron chi connectivity index (χ3n) is 3.94. The Morgan fingerprint density at radius 3 is 2.95 bits per heavy atom. The van der Waals surface area contributed by atoms with E-state index >= 15 is 0 Å². The van der Waals surface area contributed by atoms with Crippen molar-refractivity contribution >= 4 is 5.84 Å². The maximum Gasteiger partial charge on any atom is 0.170 e. The van der Waals surface area contributed by atoms with Crippen LogP contribution in [0, 0.1) is 5.92 Å². The van der Waals surface area contributed by atoms with Gasteiger partial charge in [-0.05, 0) is 37.3 Å². The molecule has 0 radical (unpaired) electrons. The van der Waals surface area contributed by atoms with Gasteiger partial charge in [0.25, 0.3) is 0 Å². The van der Waals surface area contributed by atoms with Crippen molar-refractivity contribution in [2.24, 2.45) is 16.8 Å². The predicted molar refractivity (Wildman–Crippen MR) is 78.7 cm³/mol. The van der Waals surface area contributed by atoms with Gasteiger partial charge in [-0.3, -0.25) is 4.90 Å². The lowest BCUT2D eigenvalue weighted by Crippen LogP contribution is -2.35. The van der Waals surface area contributed by atoms with Crippen molar-refractivity contribution in [1.82, 2.24) is 4.90 Å². The van der Waals surface area contributed by atoms with Crippen LogP contribution in [0.5, 0.6) is 0 Å². The van der Waals surface area contributed by atoms with Crippen molar-refractivity contribution in [1.29, 1.82) is 0 Å². The van der Waals surface area contributed by atoms with Crippen LogP contribution in [-0.4, -0.2) is 40.7 Å². The summed E-state index contributed by atoms with van der Waals surface area (Å²) in [4.78, 5) is 2.38. The van der Waals surface area contributed by atoms with Gasteiger partial charge in [0.05, 0.1) is 0 Å². The highest BCUT2D eigenvalue weighted by Crippen LogP contribution is 2.22. The van der Waals surface area contributed by atoms with Crippen molar-refractivity contribution in [3.05, 3.63) is 35.4 Å². The molecule has 0 saturated carbocycles. The fraction of sp³-hybridized carbons (Fsp3) is 0.533. The number of hydrogen-bond acceptors (Lipinski definition) is 4. The van der Waals surface area contributed by atoms with Gasteiger partial charge in [0.1, 0.15) is 0 Å². The van der Waals surface area contributed by atoms with Crippen LogP contribution in [-0.2, 0) is 6.54 Å². The Balaban J connectivity index is 2.06. The maximum atomic E-state index is 9.06. The van der Waals surface area contributed by atoms with Gasteiger partial charge in [0, 0.05) is 25.3 Å². The molecule has 0 spiro atoms. The van der Waals surface area contributed by atoms with Crippen molar-refractivity contribution in [2.75, 3.05) is 19.7 Å². The lowest BCUT2D eigenvalue weighted by atomic mass is 9.94. The average molecular weight is 277 g/mol. The number of nitrogens with zero attached hydrogens (tertiary/aromatic N) is 2. The molecule has 0 bridgehead atoms. The van der Waals surface area contributed by atoms with Crippen molar-refractivity contribution in [3.63, 3.8) is 0 Å². The summed E-state index contributed by atoms with van der Waals surface area (Å²) in [6.07, 6.45) is 3.23. The normalized spacial score (nSPS) is 21.1. The molecule has 0 amide bonds. The third kappa shape index (κ3) is 3.71. The van der Waals surface area contributed by atoms with E-state index in [1.54, 1.807) is 0 Å². The Labute approximate surface area is 119 Å². The Morgan fingerprint density at radius 2 is 2.20 bits per heavy atom. The van der Waals surface area contributed by atoms with Crippen LogP contribution < -0.4 is 5.73 Å². The first kappa shape index (κ1) is 14.8. The molecule has 1 aliphatic rings. The van der Waals surface area contributed by atoms with E-state index in [0.717, 1.165) is 43.6 Å². The first-order chi connectivity index (χ1) is 9.74. The van der Waals surface area contributed by atoms with Crippen LogP contribution >= 0.6 is 0 Å². The second-order valence-corrected chi connectivity index (χ2v) is 5.40. The number of hydrogen-bond donors (Lipinski definition) is 3. The van der Waals surface area contributed by atoms with Gasteiger partial charge in [-0.2, -0.15) is 0 Å². The van der Waals surface area contributed by atoms with Crippen molar-refractivity contribution in [2.45, 2.75) is 25.8 Å². The first-order valence-electron chi connectivity index (χ1n) is 7.13. The predicted octanol–water partition coefficient (Wildman–Crippen LogP) is 1.38. The van der Waals surface area contributed by atoms with E-state index in [1.165, 1.54) is 6.42 Å². The second kappa shape index (κ2) is 7.26. The van der Waals surface area contributed by atoms with Crippen LogP contribution in [0.25, 0.3) is 0 Å². The highest BCUT2D eigenvalue weighted by Gasteiger charge is 2.20. The van der Waals surface area contributed by atoms with Gasteiger partial charge in [-0.15, -0.1) is 0 Å². The number of nitrogens with two attached hydrogens (primary N) is 1. The summed E-state index contributed by atoms with van der Waals surface area (Å²) in [7, 11) is 0. The van der Waals surface area contributed by atoms with E-state index < -0.39 is 0 Å². The number of rotatable bonds is 5. The molecule has 1 unspecified atom stereocenters. The number of aliphatic hydroxyl groups excluding tert-OH is 1. The number of aliphatic hydroxyl groups is 1. The van der Waals surface area contributed by atoms with E-state index in [1.807, 2.05) is 24.3 Å². The van der Waals surface area contributed by atoms with E-state index in [0.29, 0.717) is 5.92 Å². The van der Waals surface area contributed by atoms with Gasteiger partial charge in [0.2, 0.25) is 0 Å². The first-order valence-corrected chi connectivity index (χ1v) is 7.13. The molecule has 0 aromatic heterocycles. The molecule has 5 heteroatoms. The van der Waals surface area contributed by atoms with Gasteiger partial charge in [0.15, 0.2) is 5.84 Å². The van der Waals surface area contributed by atoms with Gasteiger partial charge >= 0.3 is 0 Å². The summed E-state index contributed by atoms with van der Waals surface area (Å²) in [6.45, 7) is 3.13. The topological polar surface area (TPSA) is 82.1 Å². The molecule has 20 heavy (non-hydrogen) atoms. The zero-order valence-corrected chi connectivity index (χ0v) is 11.7. The quantitative estimate of drug-likeness (QED) is 0.329. The van der Waals surface area contributed by atoms with E-state index in [2.05, 4.69) is 10.1 Å². The SMILES string of the molecule is N/C(=N/O)c1ccccc1CN1CCCC(CCO)C1.